The van der Waals surface area contributed by atoms with E-state index in [1.165, 1.54) is 0 Å². The van der Waals surface area contributed by atoms with Crippen molar-refractivity contribution in [3.05, 3.63) is 29.8 Å². The van der Waals surface area contributed by atoms with E-state index in [1.54, 1.807) is 38.2 Å². The highest BCUT2D eigenvalue weighted by Crippen LogP contribution is 2.14. The summed E-state index contributed by atoms with van der Waals surface area (Å²) in [5, 5.41) is 4.76. The maximum absolute atomic E-state index is 11.8. The first kappa shape index (κ1) is 15.5. The maximum Gasteiger partial charge on any atom is 0.413 e. The average Bonchev–Trinajstić information content (AvgIpc) is 2.44. The van der Waals surface area contributed by atoms with Crippen LogP contribution in [0.1, 0.15) is 17.3 Å². The number of esters is 1. The normalized spacial score (nSPS) is 9.50. The molecule has 2 N–H and O–H groups in total. The van der Waals surface area contributed by atoms with E-state index in [-0.39, 0.29) is 6.61 Å². The molecule has 0 bridgehead atoms. The van der Waals surface area contributed by atoms with Crippen LogP contribution in [0.5, 0.6) is 0 Å². The lowest BCUT2D eigenvalue weighted by molar-refractivity contribution is -0.123. The molecule has 1 rings (SSSR count). The van der Waals surface area contributed by atoms with E-state index in [0.29, 0.717) is 11.3 Å². The number of carbonyl (C=O) groups is 3. The van der Waals surface area contributed by atoms with E-state index < -0.39 is 24.6 Å². The van der Waals surface area contributed by atoms with E-state index in [2.05, 4.69) is 10.1 Å². The molecule has 2 amide bonds. The van der Waals surface area contributed by atoms with Crippen molar-refractivity contribution in [2.75, 3.05) is 25.6 Å². The van der Waals surface area contributed by atoms with Gasteiger partial charge < -0.3 is 14.8 Å². The Labute approximate surface area is 116 Å². The number of hydrogen-bond donors (Lipinski definition) is 2. The predicted octanol–water partition coefficient (Wildman–Crippen LogP) is 1.16. The van der Waals surface area contributed by atoms with Gasteiger partial charge in [-0.15, -0.1) is 0 Å². The molecule has 0 saturated carbocycles. The van der Waals surface area contributed by atoms with Crippen molar-refractivity contribution < 1.29 is 23.9 Å². The Hall–Kier alpha value is -2.57. The molecule has 7 nitrogen and oxygen atoms in total. The number of benzene rings is 1. The van der Waals surface area contributed by atoms with Crippen molar-refractivity contribution in [2.45, 2.75) is 6.92 Å². The lowest BCUT2D eigenvalue weighted by atomic mass is 10.2. The van der Waals surface area contributed by atoms with Gasteiger partial charge >= 0.3 is 12.1 Å². The molecular formula is C13H16N2O5. The summed E-state index contributed by atoms with van der Waals surface area (Å²) in [5.41, 5.74) is 0.891. The molecule has 0 aliphatic rings. The number of ether oxygens (including phenoxy) is 2. The molecule has 20 heavy (non-hydrogen) atoms. The number of imide groups is 1. The van der Waals surface area contributed by atoms with Gasteiger partial charge in [-0.05, 0) is 19.1 Å². The highest BCUT2D eigenvalue weighted by molar-refractivity contribution is 5.98. The molecule has 0 heterocycles. The number of alkyl carbamates (subject to hydrolysis) is 1. The van der Waals surface area contributed by atoms with Gasteiger partial charge in [-0.2, -0.15) is 0 Å². The first-order chi connectivity index (χ1) is 9.58. The number of carbonyl (C=O) groups excluding carboxylic acids is 3. The number of hydrogen-bond acceptors (Lipinski definition) is 6. The average molecular weight is 280 g/mol. The second-order valence-corrected chi connectivity index (χ2v) is 3.64. The monoisotopic (exact) mass is 280 g/mol. The summed E-state index contributed by atoms with van der Waals surface area (Å²) in [6, 6.07) is 6.71. The van der Waals surface area contributed by atoms with Crippen molar-refractivity contribution in [1.82, 2.24) is 5.32 Å². The molecule has 0 aliphatic carbocycles. The summed E-state index contributed by atoms with van der Waals surface area (Å²) in [6.07, 6.45) is -0.871. The summed E-state index contributed by atoms with van der Waals surface area (Å²) in [4.78, 5) is 34.1. The van der Waals surface area contributed by atoms with Gasteiger partial charge in [0.1, 0.15) is 0 Å². The minimum atomic E-state index is -0.871. The fraction of sp³-hybridized carbons (Fsp3) is 0.308. The zero-order valence-electron chi connectivity index (χ0n) is 11.3. The van der Waals surface area contributed by atoms with Crippen molar-refractivity contribution in [1.29, 1.82) is 0 Å². The molecule has 1 aromatic carbocycles. The van der Waals surface area contributed by atoms with E-state index >= 15 is 0 Å². The van der Waals surface area contributed by atoms with Crippen LogP contribution in [0.15, 0.2) is 24.3 Å². The van der Waals surface area contributed by atoms with Gasteiger partial charge in [-0.25, -0.2) is 9.59 Å². The van der Waals surface area contributed by atoms with E-state index in [9.17, 15) is 14.4 Å². The Morgan fingerprint density at radius 1 is 1.15 bits per heavy atom. The smallest absolute Gasteiger partial charge is 0.413 e. The second-order valence-electron chi connectivity index (χ2n) is 3.64. The van der Waals surface area contributed by atoms with Gasteiger partial charge in [-0.3, -0.25) is 10.1 Å². The third kappa shape index (κ3) is 4.60. The number of rotatable bonds is 5. The minimum absolute atomic E-state index is 0.147. The van der Waals surface area contributed by atoms with Crippen LogP contribution < -0.4 is 10.6 Å². The summed E-state index contributed by atoms with van der Waals surface area (Å²) in [5.74, 6) is -1.41. The lowest BCUT2D eigenvalue weighted by Crippen LogP contribution is -2.34. The Balaban J connectivity index is 2.51. The van der Waals surface area contributed by atoms with Crippen molar-refractivity contribution in [3.63, 3.8) is 0 Å². The lowest BCUT2D eigenvalue weighted by Gasteiger charge is -2.09. The summed E-state index contributed by atoms with van der Waals surface area (Å²) in [7, 11) is 1.67. The van der Waals surface area contributed by atoms with Crippen LogP contribution in [0.25, 0.3) is 0 Å². The summed E-state index contributed by atoms with van der Waals surface area (Å²) >= 11 is 0. The number of para-hydroxylation sites is 1. The standard InChI is InChI=1S/C13H16N2O5/c1-3-19-13(18)15-11(16)8-20-12(17)9-6-4-5-7-10(9)14-2/h4-7,14H,3,8H2,1-2H3,(H,15,16,18). The first-order valence-corrected chi connectivity index (χ1v) is 5.99. The Bertz CT molecular complexity index is 501. The molecule has 0 saturated heterocycles. The molecule has 0 fully saturated rings. The molecular weight excluding hydrogens is 264 g/mol. The number of amides is 2. The van der Waals surface area contributed by atoms with Crippen LogP contribution in [0, 0.1) is 0 Å². The van der Waals surface area contributed by atoms with Crippen molar-refractivity contribution in [2.24, 2.45) is 0 Å². The quantitative estimate of drug-likeness (QED) is 0.786. The van der Waals surface area contributed by atoms with Gasteiger partial charge in [0, 0.05) is 12.7 Å². The van der Waals surface area contributed by atoms with E-state index in [0.717, 1.165) is 0 Å². The molecule has 0 aliphatic heterocycles. The van der Waals surface area contributed by atoms with Gasteiger partial charge in [-0.1, -0.05) is 12.1 Å². The third-order valence-electron chi connectivity index (χ3n) is 2.27. The van der Waals surface area contributed by atoms with E-state index in [4.69, 9.17) is 4.74 Å². The zero-order chi connectivity index (χ0) is 15.0. The fourth-order valence-electron chi connectivity index (χ4n) is 1.41. The van der Waals surface area contributed by atoms with Crippen LogP contribution >= 0.6 is 0 Å². The third-order valence-corrected chi connectivity index (χ3v) is 2.27. The van der Waals surface area contributed by atoms with Crippen molar-refractivity contribution >= 4 is 23.7 Å². The largest absolute Gasteiger partial charge is 0.452 e. The topological polar surface area (TPSA) is 93.7 Å². The molecule has 0 atom stereocenters. The predicted molar refractivity (Wildman–Crippen MR) is 71.4 cm³/mol. The van der Waals surface area contributed by atoms with Gasteiger partial charge in [0.25, 0.3) is 5.91 Å². The molecule has 0 radical (unpaired) electrons. The molecule has 1 aromatic rings. The molecule has 108 valence electrons. The van der Waals surface area contributed by atoms with Gasteiger partial charge in [0.05, 0.1) is 12.2 Å². The van der Waals surface area contributed by atoms with Crippen LogP contribution in [-0.2, 0) is 14.3 Å². The van der Waals surface area contributed by atoms with Crippen LogP contribution in [0.3, 0.4) is 0 Å². The molecule has 0 spiro atoms. The number of anilines is 1. The van der Waals surface area contributed by atoms with Crippen molar-refractivity contribution in [3.8, 4) is 0 Å². The molecule has 0 unspecified atom stereocenters. The SMILES string of the molecule is CCOC(=O)NC(=O)COC(=O)c1ccccc1NC. The van der Waals surface area contributed by atoms with Crippen LogP contribution in [0.2, 0.25) is 0 Å². The van der Waals surface area contributed by atoms with Gasteiger partial charge in [0.15, 0.2) is 6.61 Å². The van der Waals surface area contributed by atoms with E-state index in [1.807, 2.05) is 5.32 Å². The van der Waals surface area contributed by atoms with Crippen LogP contribution in [-0.4, -0.2) is 38.2 Å². The number of nitrogens with one attached hydrogen (secondary N) is 2. The first-order valence-electron chi connectivity index (χ1n) is 5.99. The summed E-state index contributed by atoms with van der Waals surface area (Å²) < 4.78 is 9.33. The Morgan fingerprint density at radius 3 is 2.50 bits per heavy atom. The second kappa shape index (κ2) is 7.78. The van der Waals surface area contributed by atoms with Gasteiger partial charge in [0.2, 0.25) is 0 Å². The highest BCUT2D eigenvalue weighted by atomic mass is 16.6. The minimum Gasteiger partial charge on any atom is -0.452 e. The fourth-order valence-corrected chi connectivity index (χ4v) is 1.41. The Kier molecular flexibility index (Phi) is 6.02. The van der Waals surface area contributed by atoms with Crippen LogP contribution in [0.4, 0.5) is 10.5 Å². The highest BCUT2D eigenvalue weighted by Gasteiger charge is 2.15. The maximum atomic E-state index is 11.8. The summed E-state index contributed by atoms with van der Waals surface area (Å²) in [6.45, 7) is 1.20. The molecule has 7 heteroatoms. The zero-order valence-corrected chi connectivity index (χ0v) is 11.3. The molecule has 0 aromatic heterocycles. The Morgan fingerprint density at radius 2 is 1.85 bits per heavy atom.